The third kappa shape index (κ3) is 5.34. The predicted octanol–water partition coefficient (Wildman–Crippen LogP) is 14.5. The van der Waals surface area contributed by atoms with Crippen molar-refractivity contribution in [3.8, 4) is 51.0 Å². The number of para-hydroxylation sites is 2. The minimum absolute atomic E-state index is 0.541. The van der Waals surface area contributed by atoms with Crippen LogP contribution in [0.4, 0.5) is 0 Å². The van der Waals surface area contributed by atoms with Crippen molar-refractivity contribution in [1.82, 2.24) is 24.5 Å². The molecule has 0 N–H and O–H groups in total. The van der Waals surface area contributed by atoms with E-state index in [1.807, 2.05) is 24.3 Å². The van der Waals surface area contributed by atoms with Crippen molar-refractivity contribution in [2.24, 2.45) is 0 Å². The molecule has 6 nitrogen and oxygen atoms in total. The van der Waals surface area contributed by atoms with E-state index in [9.17, 15) is 0 Å². The Labute approximate surface area is 352 Å². The van der Waals surface area contributed by atoms with Crippen LogP contribution in [0.1, 0.15) is 0 Å². The highest BCUT2D eigenvalue weighted by Crippen LogP contribution is 2.40. The zero-order valence-corrected chi connectivity index (χ0v) is 33.3. The van der Waals surface area contributed by atoms with E-state index in [0.29, 0.717) is 23.2 Å². The minimum Gasteiger partial charge on any atom is -0.438 e. The van der Waals surface area contributed by atoms with Gasteiger partial charge in [-0.05, 0) is 82.6 Å². The zero-order chi connectivity index (χ0) is 40.0. The maximum atomic E-state index is 6.09. The first kappa shape index (κ1) is 33.9. The summed E-state index contributed by atoms with van der Waals surface area (Å²) in [5.41, 5.74) is 9.54. The highest BCUT2D eigenvalue weighted by Gasteiger charge is 2.19. The Morgan fingerprint density at radius 2 is 1.08 bits per heavy atom. The zero-order valence-electron chi connectivity index (χ0n) is 32.5. The van der Waals surface area contributed by atoms with E-state index in [1.54, 1.807) is 17.5 Å². The molecule has 0 saturated heterocycles. The molecule has 13 rings (SSSR count). The molecule has 0 aliphatic heterocycles. The predicted molar refractivity (Wildman–Crippen MR) is 251 cm³/mol. The number of thiophene rings is 1. The maximum Gasteiger partial charge on any atom is 0.227 e. The van der Waals surface area contributed by atoms with E-state index in [4.69, 9.17) is 24.4 Å². The average Bonchev–Trinajstić information content (AvgIpc) is 4.01. The summed E-state index contributed by atoms with van der Waals surface area (Å²) in [5, 5.41) is 9.34. The lowest BCUT2D eigenvalue weighted by atomic mass is 9.98. The number of fused-ring (bicyclic) bond motifs is 11. The van der Waals surface area contributed by atoms with Gasteiger partial charge in [0, 0.05) is 70.3 Å². The topological polar surface area (TPSA) is 69.6 Å². The van der Waals surface area contributed by atoms with Crippen molar-refractivity contribution in [3.05, 3.63) is 188 Å². The summed E-state index contributed by atoms with van der Waals surface area (Å²) in [7, 11) is 0. The van der Waals surface area contributed by atoms with Crippen molar-refractivity contribution >= 4 is 86.2 Å². The molecule has 0 spiro atoms. The van der Waals surface area contributed by atoms with Crippen LogP contribution in [-0.4, -0.2) is 24.5 Å². The SMILES string of the molecule is c1ccc(-c2nc(-c3cnc4oc5ccccc5c4c3)nc(-c3ccc4sc5ccccc5c4c3)n2)c(-c2ccc(-n3c4ccccc4c4c5ccccc5ccc43)cc2)c1. The third-order valence-corrected chi connectivity index (χ3v) is 13.1. The summed E-state index contributed by atoms with van der Waals surface area (Å²) >= 11 is 1.80. The van der Waals surface area contributed by atoms with Gasteiger partial charge in [-0.2, -0.15) is 0 Å². The number of pyridine rings is 1. The summed E-state index contributed by atoms with van der Waals surface area (Å²) < 4.78 is 10.9. The number of nitrogens with zero attached hydrogens (tertiary/aromatic N) is 5. The fraction of sp³-hybridized carbons (Fsp3) is 0. The van der Waals surface area contributed by atoms with E-state index in [1.165, 1.54) is 52.8 Å². The second-order valence-electron chi connectivity index (χ2n) is 15.4. The summed E-state index contributed by atoms with van der Waals surface area (Å²) in [6, 6.07) is 64.2. The molecule has 0 aliphatic rings. The molecule has 0 aliphatic carbocycles. The summed E-state index contributed by atoms with van der Waals surface area (Å²) in [6.07, 6.45) is 1.80. The van der Waals surface area contributed by atoms with Gasteiger partial charge in [-0.25, -0.2) is 19.9 Å². The number of hydrogen-bond acceptors (Lipinski definition) is 6. The molecule has 8 aromatic carbocycles. The van der Waals surface area contributed by atoms with E-state index in [-0.39, 0.29) is 0 Å². The molecule has 0 unspecified atom stereocenters. The van der Waals surface area contributed by atoms with Crippen molar-refractivity contribution in [2.45, 2.75) is 0 Å². The number of hydrogen-bond donors (Lipinski definition) is 0. The maximum absolute atomic E-state index is 6.09. The first-order valence-corrected chi connectivity index (χ1v) is 21.1. The number of furan rings is 1. The van der Waals surface area contributed by atoms with Gasteiger partial charge in [0.05, 0.1) is 11.0 Å². The molecule has 13 aromatic rings. The molecule has 0 radical (unpaired) electrons. The lowest BCUT2D eigenvalue weighted by molar-refractivity contribution is 0.654. The van der Waals surface area contributed by atoms with Gasteiger partial charge < -0.3 is 8.98 Å². The van der Waals surface area contributed by atoms with Gasteiger partial charge in [-0.3, -0.25) is 0 Å². The molecule has 0 atom stereocenters. The van der Waals surface area contributed by atoms with Crippen LogP contribution in [0.3, 0.4) is 0 Å². The van der Waals surface area contributed by atoms with Crippen LogP contribution < -0.4 is 0 Å². The summed E-state index contributed by atoms with van der Waals surface area (Å²) in [6.45, 7) is 0. The Morgan fingerprint density at radius 3 is 1.97 bits per heavy atom. The summed E-state index contributed by atoms with van der Waals surface area (Å²) in [5.74, 6) is 1.72. The quantitative estimate of drug-likeness (QED) is 0.173. The van der Waals surface area contributed by atoms with Crippen molar-refractivity contribution in [2.75, 3.05) is 0 Å². The van der Waals surface area contributed by atoms with Gasteiger partial charge in [0.1, 0.15) is 5.58 Å². The summed E-state index contributed by atoms with van der Waals surface area (Å²) in [4.78, 5) is 20.4. The van der Waals surface area contributed by atoms with Crippen LogP contribution in [0.15, 0.2) is 193 Å². The Balaban J connectivity index is 0.972. The van der Waals surface area contributed by atoms with Crippen molar-refractivity contribution in [3.63, 3.8) is 0 Å². The third-order valence-electron chi connectivity index (χ3n) is 11.9. The van der Waals surface area contributed by atoms with E-state index in [2.05, 4.69) is 162 Å². The lowest BCUT2D eigenvalue weighted by Crippen LogP contribution is -2.01. The number of benzene rings is 8. The van der Waals surface area contributed by atoms with Crippen LogP contribution in [0, 0.1) is 0 Å². The smallest absolute Gasteiger partial charge is 0.227 e. The van der Waals surface area contributed by atoms with E-state index < -0.39 is 0 Å². The monoisotopic (exact) mass is 797 g/mol. The van der Waals surface area contributed by atoms with Gasteiger partial charge in [-0.15, -0.1) is 11.3 Å². The second kappa shape index (κ2) is 13.3. The van der Waals surface area contributed by atoms with Crippen molar-refractivity contribution < 1.29 is 4.42 Å². The van der Waals surface area contributed by atoms with Gasteiger partial charge in [0.25, 0.3) is 0 Å². The molecule has 0 saturated carbocycles. The normalized spacial score (nSPS) is 11.9. The largest absolute Gasteiger partial charge is 0.438 e. The molecule has 0 bridgehead atoms. The first-order chi connectivity index (χ1) is 30.2. The molecule has 5 aromatic heterocycles. The lowest BCUT2D eigenvalue weighted by Gasteiger charge is -2.13. The van der Waals surface area contributed by atoms with Crippen LogP contribution in [0.5, 0.6) is 0 Å². The highest BCUT2D eigenvalue weighted by atomic mass is 32.1. The molecule has 0 amide bonds. The Hall–Kier alpha value is -8.00. The number of rotatable bonds is 5. The van der Waals surface area contributed by atoms with Crippen molar-refractivity contribution in [1.29, 1.82) is 0 Å². The van der Waals surface area contributed by atoms with Crippen LogP contribution in [-0.2, 0) is 0 Å². The molecule has 7 heteroatoms. The van der Waals surface area contributed by atoms with Gasteiger partial charge in [0.15, 0.2) is 17.5 Å². The van der Waals surface area contributed by atoms with Gasteiger partial charge in [-0.1, -0.05) is 121 Å². The first-order valence-electron chi connectivity index (χ1n) is 20.3. The fourth-order valence-electron chi connectivity index (χ4n) is 9.09. The Bertz CT molecular complexity index is 3770. The van der Waals surface area contributed by atoms with Gasteiger partial charge in [0.2, 0.25) is 5.71 Å². The Morgan fingerprint density at radius 1 is 0.426 bits per heavy atom. The number of aromatic nitrogens is 5. The van der Waals surface area contributed by atoms with Gasteiger partial charge >= 0.3 is 0 Å². The minimum atomic E-state index is 0.541. The highest BCUT2D eigenvalue weighted by molar-refractivity contribution is 7.25. The second-order valence-corrected chi connectivity index (χ2v) is 16.5. The molecular formula is C54H31N5OS. The van der Waals surface area contributed by atoms with Crippen LogP contribution >= 0.6 is 11.3 Å². The van der Waals surface area contributed by atoms with Crippen LogP contribution in [0.25, 0.3) is 126 Å². The molecule has 284 valence electrons. The molecule has 5 heterocycles. The Kier molecular flexibility index (Phi) is 7.37. The molecular weight excluding hydrogens is 767 g/mol. The van der Waals surface area contributed by atoms with E-state index in [0.717, 1.165) is 49.9 Å². The standard InChI is InChI=1S/C54H31N5OS/c1-2-13-38-32(11-1)23-27-46-50(38)42-17-5-8-18-45(42)59(46)36-25-21-33(22-26-36)37-12-3-4-16-41(37)53-57-51(34-24-28-49-43(29-34)40-15-7-10-20-48(40)61-49)56-52(58-53)35-30-44-39-14-6-9-19-47(39)60-54(44)55-31-35/h1-31H. The average molecular weight is 798 g/mol. The van der Waals surface area contributed by atoms with Crippen LogP contribution in [0.2, 0.25) is 0 Å². The molecule has 61 heavy (non-hydrogen) atoms. The van der Waals surface area contributed by atoms with E-state index >= 15 is 0 Å². The fourth-order valence-corrected chi connectivity index (χ4v) is 10.2. The molecule has 0 fully saturated rings.